The van der Waals surface area contributed by atoms with Crippen LogP contribution in [0.5, 0.6) is 0 Å². The molecule has 0 aromatic carbocycles. The molecule has 0 N–H and O–H groups in total. The van der Waals surface area contributed by atoms with Crippen molar-refractivity contribution in [2.24, 2.45) is 5.41 Å². The normalized spacial score (nSPS) is 15.7. The van der Waals surface area contributed by atoms with E-state index in [0.29, 0.717) is 24.5 Å². The van der Waals surface area contributed by atoms with E-state index in [4.69, 9.17) is 20.8 Å². The van der Waals surface area contributed by atoms with Crippen LogP contribution < -0.4 is 0 Å². The van der Waals surface area contributed by atoms with E-state index in [0.717, 1.165) is 6.61 Å². The van der Waals surface area contributed by atoms with Crippen LogP contribution in [0.2, 0.25) is 18.6 Å². The SMILES string of the molecule is CCCC[Si](C)(CC(C)(C)C)OCCOCCCl. The van der Waals surface area contributed by atoms with Gasteiger partial charge in [-0.15, -0.1) is 11.6 Å². The summed E-state index contributed by atoms with van der Waals surface area (Å²) in [6, 6.07) is 2.48. The topological polar surface area (TPSA) is 18.5 Å². The summed E-state index contributed by atoms with van der Waals surface area (Å²) in [5, 5.41) is 0. The van der Waals surface area contributed by atoms with Crippen molar-refractivity contribution >= 4 is 19.9 Å². The third kappa shape index (κ3) is 10.4. The van der Waals surface area contributed by atoms with Gasteiger partial charge in [0.2, 0.25) is 0 Å². The van der Waals surface area contributed by atoms with Crippen LogP contribution in [-0.4, -0.2) is 34.0 Å². The summed E-state index contributed by atoms with van der Waals surface area (Å²) in [6.45, 7) is 13.5. The highest BCUT2D eigenvalue weighted by Gasteiger charge is 2.33. The van der Waals surface area contributed by atoms with Gasteiger partial charge in [-0.25, -0.2) is 0 Å². The number of rotatable bonds is 10. The molecule has 0 aliphatic rings. The molecular formula is C14H31ClO2Si. The Hall–Kier alpha value is 0.427. The highest BCUT2D eigenvalue weighted by atomic mass is 35.5. The van der Waals surface area contributed by atoms with Gasteiger partial charge in [-0.3, -0.25) is 0 Å². The minimum absolute atomic E-state index is 0.353. The minimum atomic E-state index is -1.58. The molecule has 0 aromatic rings. The molecule has 0 radical (unpaired) electrons. The zero-order valence-electron chi connectivity index (χ0n) is 12.9. The van der Waals surface area contributed by atoms with Crippen molar-refractivity contribution in [2.45, 2.75) is 59.2 Å². The molecule has 2 nitrogen and oxygen atoms in total. The number of alkyl halides is 1. The highest BCUT2D eigenvalue weighted by molar-refractivity contribution is 6.72. The molecule has 1 atom stereocenters. The van der Waals surface area contributed by atoms with E-state index in [2.05, 4.69) is 34.2 Å². The lowest BCUT2D eigenvalue weighted by Crippen LogP contribution is -2.39. The van der Waals surface area contributed by atoms with Gasteiger partial charge in [-0.05, 0) is 24.1 Å². The summed E-state index contributed by atoms with van der Waals surface area (Å²) in [5.41, 5.74) is 0.353. The first kappa shape index (κ1) is 18.4. The maximum absolute atomic E-state index is 6.23. The molecule has 0 aliphatic carbocycles. The fraction of sp³-hybridized carbons (Fsp3) is 1.00. The molecule has 4 heteroatoms. The highest BCUT2D eigenvalue weighted by Crippen LogP contribution is 2.32. The molecule has 0 saturated carbocycles. The minimum Gasteiger partial charge on any atom is -0.415 e. The van der Waals surface area contributed by atoms with E-state index in [9.17, 15) is 0 Å². The van der Waals surface area contributed by atoms with Gasteiger partial charge in [0.15, 0.2) is 8.32 Å². The van der Waals surface area contributed by atoms with E-state index in [1.165, 1.54) is 24.9 Å². The average Bonchev–Trinajstić information content (AvgIpc) is 2.24. The lowest BCUT2D eigenvalue weighted by atomic mass is 10.0. The molecule has 0 amide bonds. The number of hydrogen-bond donors (Lipinski definition) is 0. The molecule has 0 rings (SSSR count). The predicted octanol–water partition coefficient (Wildman–Crippen LogP) is 4.68. The van der Waals surface area contributed by atoms with Gasteiger partial charge >= 0.3 is 0 Å². The lowest BCUT2D eigenvalue weighted by Gasteiger charge is -2.33. The molecule has 110 valence electrons. The Bertz CT molecular complexity index is 206. The number of hydrogen-bond acceptors (Lipinski definition) is 2. The largest absolute Gasteiger partial charge is 0.415 e. The summed E-state index contributed by atoms with van der Waals surface area (Å²) in [5.74, 6) is 0.562. The number of ether oxygens (including phenoxy) is 1. The Morgan fingerprint density at radius 2 is 1.78 bits per heavy atom. The van der Waals surface area contributed by atoms with E-state index < -0.39 is 8.32 Å². The van der Waals surface area contributed by atoms with Crippen LogP contribution in [-0.2, 0) is 9.16 Å². The fourth-order valence-electron chi connectivity index (χ4n) is 2.39. The third-order valence-electron chi connectivity index (χ3n) is 2.86. The van der Waals surface area contributed by atoms with Crippen molar-refractivity contribution in [1.29, 1.82) is 0 Å². The molecule has 18 heavy (non-hydrogen) atoms. The van der Waals surface area contributed by atoms with Gasteiger partial charge in [0.1, 0.15) is 0 Å². The average molecular weight is 295 g/mol. The van der Waals surface area contributed by atoms with Crippen LogP contribution in [0.15, 0.2) is 0 Å². The fourth-order valence-corrected chi connectivity index (χ4v) is 6.84. The monoisotopic (exact) mass is 294 g/mol. The Morgan fingerprint density at radius 3 is 2.28 bits per heavy atom. The van der Waals surface area contributed by atoms with Crippen molar-refractivity contribution in [3.8, 4) is 0 Å². The van der Waals surface area contributed by atoms with Crippen LogP contribution in [0, 0.1) is 5.41 Å². The summed E-state index contributed by atoms with van der Waals surface area (Å²) >= 11 is 5.57. The summed E-state index contributed by atoms with van der Waals surface area (Å²) in [7, 11) is -1.58. The van der Waals surface area contributed by atoms with E-state index in [-0.39, 0.29) is 0 Å². The molecule has 0 aromatic heterocycles. The van der Waals surface area contributed by atoms with Crippen LogP contribution >= 0.6 is 11.6 Å². The first-order valence-corrected chi connectivity index (χ1v) is 10.5. The second kappa shape index (κ2) is 9.35. The van der Waals surface area contributed by atoms with Crippen LogP contribution in [0.1, 0.15) is 40.5 Å². The smallest absolute Gasteiger partial charge is 0.190 e. The van der Waals surface area contributed by atoms with E-state index >= 15 is 0 Å². The summed E-state index contributed by atoms with van der Waals surface area (Å²) < 4.78 is 11.6. The zero-order valence-corrected chi connectivity index (χ0v) is 14.6. The molecule has 0 saturated heterocycles. The Morgan fingerprint density at radius 1 is 1.11 bits per heavy atom. The third-order valence-corrected chi connectivity index (χ3v) is 7.14. The van der Waals surface area contributed by atoms with E-state index in [1.807, 2.05) is 0 Å². The second-order valence-electron chi connectivity index (χ2n) is 6.44. The van der Waals surface area contributed by atoms with Crippen LogP contribution in [0.25, 0.3) is 0 Å². The summed E-state index contributed by atoms with van der Waals surface area (Å²) in [4.78, 5) is 0. The van der Waals surface area contributed by atoms with Crippen molar-refractivity contribution in [1.82, 2.24) is 0 Å². The molecule has 0 spiro atoms. The quantitative estimate of drug-likeness (QED) is 0.331. The Labute approximate surface area is 120 Å². The molecule has 0 fully saturated rings. The predicted molar refractivity (Wildman–Crippen MR) is 83.1 cm³/mol. The van der Waals surface area contributed by atoms with Gasteiger partial charge in [0.25, 0.3) is 0 Å². The molecule has 0 aliphatic heterocycles. The van der Waals surface area contributed by atoms with Gasteiger partial charge in [0.05, 0.1) is 19.8 Å². The number of unbranched alkanes of at least 4 members (excludes halogenated alkanes) is 1. The summed E-state index contributed by atoms with van der Waals surface area (Å²) in [6.07, 6.45) is 2.53. The second-order valence-corrected chi connectivity index (χ2v) is 10.9. The molecule has 1 unspecified atom stereocenters. The zero-order chi connectivity index (χ0) is 14.1. The maximum atomic E-state index is 6.23. The van der Waals surface area contributed by atoms with Crippen molar-refractivity contribution in [3.05, 3.63) is 0 Å². The molecule has 0 bridgehead atoms. The van der Waals surface area contributed by atoms with Crippen molar-refractivity contribution < 1.29 is 9.16 Å². The van der Waals surface area contributed by atoms with Crippen molar-refractivity contribution in [2.75, 3.05) is 25.7 Å². The standard InChI is InChI=1S/C14H31ClO2Si/c1-6-7-12-18(5,13-14(2,3)4)17-11-10-16-9-8-15/h6-13H2,1-5H3. The molecule has 0 heterocycles. The van der Waals surface area contributed by atoms with Crippen LogP contribution in [0.4, 0.5) is 0 Å². The van der Waals surface area contributed by atoms with Gasteiger partial charge < -0.3 is 9.16 Å². The van der Waals surface area contributed by atoms with Gasteiger partial charge in [-0.1, -0.05) is 40.5 Å². The van der Waals surface area contributed by atoms with Gasteiger partial charge in [0, 0.05) is 5.88 Å². The Kier molecular flexibility index (Phi) is 9.57. The first-order chi connectivity index (χ1) is 8.33. The van der Waals surface area contributed by atoms with Crippen molar-refractivity contribution in [3.63, 3.8) is 0 Å². The van der Waals surface area contributed by atoms with Crippen LogP contribution in [0.3, 0.4) is 0 Å². The Balaban J connectivity index is 4.12. The first-order valence-electron chi connectivity index (χ1n) is 7.11. The lowest BCUT2D eigenvalue weighted by molar-refractivity contribution is 0.106. The number of halogens is 1. The molecular weight excluding hydrogens is 264 g/mol. The maximum Gasteiger partial charge on any atom is 0.190 e. The van der Waals surface area contributed by atoms with Gasteiger partial charge in [-0.2, -0.15) is 0 Å². The van der Waals surface area contributed by atoms with E-state index in [1.54, 1.807) is 0 Å².